The molecule has 0 amide bonds. The third-order valence-electron chi connectivity index (χ3n) is 4.69. The van der Waals surface area contributed by atoms with Crippen LogP contribution in [0.5, 0.6) is 0 Å². The maximum Gasteiger partial charge on any atom is 0.585 e. The Hall–Kier alpha value is -2.42. The molecular weight excluding hydrogens is 287 g/mol. The zero-order valence-corrected chi connectivity index (χ0v) is 12.1. The number of likely N-dealkylation sites (N-methyl/N-ethyl adjacent to an activating group) is 1. The predicted octanol–water partition coefficient (Wildman–Crippen LogP) is -0.0696. The van der Waals surface area contributed by atoms with Crippen molar-refractivity contribution in [2.75, 3.05) is 20.1 Å². The van der Waals surface area contributed by atoms with Crippen molar-refractivity contribution in [3.8, 4) is 0 Å². The zero-order chi connectivity index (χ0) is 15.4. The molecule has 1 aromatic carbocycles. The quantitative estimate of drug-likeness (QED) is 0.738. The van der Waals surface area contributed by atoms with E-state index in [1.807, 2.05) is 31.3 Å². The molecule has 0 aliphatic carbocycles. The van der Waals surface area contributed by atoms with E-state index in [0.29, 0.717) is 12.9 Å². The molecular formula is C13H15BN4O4. The smallest absolute Gasteiger partial charge is 0.585 e. The van der Waals surface area contributed by atoms with E-state index in [-0.39, 0.29) is 29.4 Å². The molecule has 114 valence electrons. The van der Waals surface area contributed by atoms with Gasteiger partial charge in [-0.3, -0.25) is 9.59 Å². The van der Waals surface area contributed by atoms with Crippen LogP contribution >= 0.6 is 0 Å². The first-order chi connectivity index (χ1) is 10.5. The molecule has 0 N–H and O–H groups in total. The van der Waals surface area contributed by atoms with Gasteiger partial charge in [-0.15, -0.1) is 5.10 Å². The number of carbonyl (C=O) groups excluding carboxylic acids is 2. The van der Waals surface area contributed by atoms with Gasteiger partial charge in [0.15, 0.2) is 0 Å². The lowest BCUT2D eigenvalue weighted by Crippen LogP contribution is -2.60. The summed E-state index contributed by atoms with van der Waals surface area (Å²) in [5.74, 6) is -0.642. The summed E-state index contributed by atoms with van der Waals surface area (Å²) in [6.07, 6.45) is 0.404. The molecule has 4 rings (SSSR count). The van der Waals surface area contributed by atoms with Gasteiger partial charge in [0, 0.05) is 13.6 Å². The van der Waals surface area contributed by atoms with Gasteiger partial charge in [0.25, 0.3) is 0 Å². The zero-order valence-electron chi connectivity index (χ0n) is 12.1. The first kappa shape index (κ1) is 13.3. The van der Waals surface area contributed by atoms with Crippen molar-refractivity contribution in [1.82, 2.24) is 15.0 Å². The Kier molecular flexibility index (Phi) is 2.59. The number of hydrogen-bond donors (Lipinski definition) is 0. The van der Waals surface area contributed by atoms with E-state index in [1.54, 1.807) is 4.68 Å². The number of carbonyl (C=O) groups is 2. The Bertz CT molecular complexity index is 769. The summed E-state index contributed by atoms with van der Waals surface area (Å²) >= 11 is 0. The van der Waals surface area contributed by atoms with Gasteiger partial charge in [0.05, 0.1) is 5.52 Å². The number of para-hydroxylation sites is 1. The Morgan fingerprint density at radius 2 is 1.91 bits per heavy atom. The third kappa shape index (κ3) is 1.75. The number of nitrogens with zero attached hydrogens (tertiary/aromatic N) is 4. The fourth-order valence-electron chi connectivity index (χ4n) is 3.49. The van der Waals surface area contributed by atoms with Crippen LogP contribution in [-0.2, 0) is 25.4 Å². The van der Waals surface area contributed by atoms with Crippen molar-refractivity contribution < 1.29 is 23.3 Å². The SMILES string of the molecule is C[N+]12CC(=O)O[B-]1(CCn1nnc3ccccc31)OC(=O)C2. The highest BCUT2D eigenvalue weighted by atomic mass is 16.7. The summed E-state index contributed by atoms with van der Waals surface area (Å²) in [5.41, 5.74) is 1.70. The van der Waals surface area contributed by atoms with Crippen molar-refractivity contribution >= 4 is 29.7 Å². The van der Waals surface area contributed by atoms with Gasteiger partial charge >= 0.3 is 18.6 Å². The summed E-state index contributed by atoms with van der Waals surface area (Å²) in [7, 11) is 1.83. The topological polar surface area (TPSA) is 83.3 Å². The Morgan fingerprint density at radius 1 is 1.23 bits per heavy atom. The van der Waals surface area contributed by atoms with Crippen molar-refractivity contribution in [3.63, 3.8) is 0 Å². The highest BCUT2D eigenvalue weighted by Gasteiger charge is 2.64. The van der Waals surface area contributed by atoms with Gasteiger partial charge in [0.2, 0.25) is 0 Å². The molecule has 1 aromatic heterocycles. The maximum absolute atomic E-state index is 11.7. The molecule has 0 saturated carbocycles. The number of hydrogen-bond acceptors (Lipinski definition) is 6. The van der Waals surface area contributed by atoms with Gasteiger partial charge in [0.1, 0.15) is 18.6 Å². The average molecular weight is 302 g/mol. The summed E-state index contributed by atoms with van der Waals surface area (Å²) in [5, 5.41) is 8.21. The van der Waals surface area contributed by atoms with Gasteiger partial charge in [-0.25, -0.2) is 4.68 Å². The number of fused-ring (bicyclic) bond motifs is 2. The van der Waals surface area contributed by atoms with Gasteiger partial charge < -0.3 is 13.7 Å². The first-order valence-electron chi connectivity index (χ1n) is 7.23. The lowest BCUT2D eigenvalue weighted by molar-refractivity contribution is -0.793. The molecule has 2 aliphatic heterocycles. The highest BCUT2D eigenvalue weighted by molar-refractivity contribution is 6.66. The van der Waals surface area contributed by atoms with Crippen molar-refractivity contribution in [1.29, 1.82) is 0 Å². The lowest BCUT2D eigenvalue weighted by atomic mass is 9.65. The second-order valence-electron chi connectivity index (χ2n) is 6.19. The second-order valence-corrected chi connectivity index (χ2v) is 6.19. The van der Waals surface area contributed by atoms with Crippen molar-refractivity contribution in [2.45, 2.75) is 12.9 Å². The van der Waals surface area contributed by atoms with E-state index in [2.05, 4.69) is 10.3 Å². The van der Waals surface area contributed by atoms with E-state index < -0.39 is 6.69 Å². The average Bonchev–Trinajstić information content (AvgIpc) is 3.03. The molecule has 22 heavy (non-hydrogen) atoms. The minimum Gasteiger partial charge on any atom is -0.600 e. The van der Waals surface area contributed by atoms with E-state index in [0.717, 1.165) is 11.0 Å². The number of benzene rings is 1. The van der Waals surface area contributed by atoms with Crippen LogP contribution in [0.1, 0.15) is 0 Å². The number of aromatic nitrogens is 3. The molecule has 2 aromatic rings. The molecule has 9 heteroatoms. The monoisotopic (exact) mass is 302 g/mol. The van der Waals surface area contributed by atoms with Crippen molar-refractivity contribution in [2.24, 2.45) is 0 Å². The largest absolute Gasteiger partial charge is 0.600 e. The Balaban J connectivity index is 1.62. The normalized spacial score (nSPS) is 30.4. The summed E-state index contributed by atoms with van der Waals surface area (Å²) in [6, 6.07) is 7.62. The van der Waals surface area contributed by atoms with Crippen LogP contribution in [0.4, 0.5) is 0 Å². The van der Waals surface area contributed by atoms with Crippen LogP contribution in [0, 0.1) is 0 Å². The molecule has 0 spiro atoms. The first-order valence-corrected chi connectivity index (χ1v) is 7.23. The molecule has 2 aliphatic rings. The van der Waals surface area contributed by atoms with Crippen molar-refractivity contribution in [3.05, 3.63) is 24.3 Å². The minimum atomic E-state index is -2.00. The van der Waals surface area contributed by atoms with E-state index in [4.69, 9.17) is 9.31 Å². The van der Waals surface area contributed by atoms with Crippen LogP contribution in [0.2, 0.25) is 6.32 Å². The molecule has 2 fully saturated rings. The van der Waals surface area contributed by atoms with E-state index >= 15 is 0 Å². The number of quaternary nitrogens is 1. The van der Waals surface area contributed by atoms with Crippen LogP contribution in [0.25, 0.3) is 11.0 Å². The molecule has 3 heterocycles. The third-order valence-corrected chi connectivity index (χ3v) is 4.69. The summed E-state index contributed by atoms with van der Waals surface area (Å²) in [4.78, 5) is 23.4. The second kappa shape index (κ2) is 4.29. The van der Waals surface area contributed by atoms with E-state index in [1.165, 1.54) is 0 Å². The highest BCUT2D eigenvalue weighted by Crippen LogP contribution is 2.36. The standard InChI is InChI=1S/C13H15BN4O4/c1-18-8-12(19)21-14(18,22-13(20)9-18)6-7-17-11-5-3-2-4-10(11)15-16-17/h2-5H,6-9H2,1H3. The Morgan fingerprint density at radius 3 is 2.64 bits per heavy atom. The fraction of sp³-hybridized carbons (Fsp3) is 0.385. The molecule has 0 atom stereocenters. The molecule has 0 bridgehead atoms. The Labute approximate surface area is 126 Å². The van der Waals surface area contributed by atoms with Crippen LogP contribution < -0.4 is 0 Å². The summed E-state index contributed by atoms with van der Waals surface area (Å²) < 4.78 is 12.8. The van der Waals surface area contributed by atoms with E-state index in [9.17, 15) is 9.59 Å². The molecule has 8 nitrogen and oxygen atoms in total. The predicted molar refractivity (Wildman–Crippen MR) is 76.2 cm³/mol. The molecule has 0 unspecified atom stereocenters. The lowest BCUT2D eigenvalue weighted by Gasteiger charge is -2.39. The summed E-state index contributed by atoms with van der Waals surface area (Å²) in [6.45, 7) is -1.20. The minimum absolute atomic E-state index is 0.170. The van der Waals surface area contributed by atoms with Crippen LogP contribution in [0.3, 0.4) is 0 Å². The number of aryl methyl sites for hydroxylation is 1. The molecule has 2 saturated heterocycles. The maximum atomic E-state index is 11.7. The van der Waals surface area contributed by atoms with Crippen LogP contribution in [0.15, 0.2) is 24.3 Å². The van der Waals surface area contributed by atoms with Crippen LogP contribution in [-0.4, -0.2) is 58.2 Å². The number of rotatable bonds is 3. The van der Waals surface area contributed by atoms with Gasteiger partial charge in [-0.1, -0.05) is 17.3 Å². The van der Waals surface area contributed by atoms with Gasteiger partial charge in [-0.2, -0.15) is 0 Å². The van der Waals surface area contributed by atoms with Gasteiger partial charge in [-0.05, 0) is 18.5 Å². The molecule has 0 radical (unpaired) electrons. The fourth-order valence-corrected chi connectivity index (χ4v) is 3.49.